The molecular formula is C17H15Cl2N5S. The van der Waals surface area contributed by atoms with Gasteiger partial charge in [0, 0.05) is 34.9 Å². The Balaban J connectivity index is 1.47. The summed E-state index contributed by atoms with van der Waals surface area (Å²) in [6, 6.07) is 9.32. The molecule has 0 spiro atoms. The molecule has 2 aromatic heterocycles. The molecule has 0 amide bonds. The molecule has 128 valence electrons. The van der Waals surface area contributed by atoms with Crippen LogP contribution in [0.25, 0.3) is 10.9 Å². The summed E-state index contributed by atoms with van der Waals surface area (Å²) in [6.45, 7) is 0.681. The molecule has 0 aliphatic rings. The van der Waals surface area contributed by atoms with E-state index in [4.69, 9.17) is 35.4 Å². The molecule has 0 radical (unpaired) electrons. The van der Waals surface area contributed by atoms with Crippen LogP contribution < -0.4 is 10.7 Å². The maximum Gasteiger partial charge on any atom is 0.186 e. The van der Waals surface area contributed by atoms with Crippen LogP contribution in [-0.2, 0) is 6.42 Å². The second kappa shape index (κ2) is 8.29. The Morgan fingerprint density at radius 3 is 2.88 bits per heavy atom. The molecule has 0 aliphatic carbocycles. The Hall–Kier alpha value is -2.15. The van der Waals surface area contributed by atoms with E-state index in [0.717, 1.165) is 22.3 Å². The minimum atomic E-state index is 0.447. The maximum absolute atomic E-state index is 6.06. The fraction of sp³-hybridized carbons (Fsp3) is 0.118. The number of fused-ring (bicyclic) bond motifs is 1. The van der Waals surface area contributed by atoms with Gasteiger partial charge in [-0.25, -0.2) is 0 Å². The van der Waals surface area contributed by atoms with Gasteiger partial charge in [-0.05, 0) is 54.5 Å². The van der Waals surface area contributed by atoms with E-state index in [1.165, 1.54) is 5.56 Å². The highest BCUT2D eigenvalue weighted by molar-refractivity contribution is 7.80. The van der Waals surface area contributed by atoms with Crippen molar-refractivity contribution in [1.29, 1.82) is 0 Å². The number of thiocarbonyl (C=S) groups is 1. The number of nitrogens with zero attached hydrogens (tertiary/aromatic N) is 2. The van der Waals surface area contributed by atoms with Crippen LogP contribution in [0.15, 0.2) is 47.8 Å². The van der Waals surface area contributed by atoms with Gasteiger partial charge in [-0.1, -0.05) is 23.2 Å². The van der Waals surface area contributed by atoms with Crippen LogP contribution in [0.5, 0.6) is 0 Å². The van der Waals surface area contributed by atoms with Crippen LogP contribution in [0.2, 0.25) is 10.0 Å². The first-order chi connectivity index (χ1) is 12.1. The number of H-pyrrole nitrogens is 1. The number of aromatic amines is 1. The number of benzene rings is 1. The molecule has 25 heavy (non-hydrogen) atoms. The standard InChI is InChI=1S/C17H15Cl2N5S/c18-12-2-4-16-15(7-12)11(8-22-16)5-6-20-17(25)24-23-10-14-3-1-13(19)9-21-14/h1-4,7-10,22H,5-6H2,(H2,20,24,25)/b23-10+. The fourth-order valence-electron chi connectivity index (χ4n) is 2.33. The number of hydrogen-bond donors (Lipinski definition) is 3. The number of nitrogens with one attached hydrogen (secondary N) is 3. The van der Waals surface area contributed by atoms with E-state index < -0.39 is 0 Å². The van der Waals surface area contributed by atoms with E-state index in [9.17, 15) is 0 Å². The minimum Gasteiger partial charge on any atom is -0.361 e. The Morgan fingerprint density at radius 1 is 1.24 bits per heavy atom. The molecule has 0 fully saturated rings. The fourth-order valence-corrected chi connectivity index (χ4v) is 2.77. The zero-order chi connectivity index (χ0) is 17.6. The highest BCUT2D eigenvalue weighted by Crippen LogP contribution is 2.22. The van der Waals surface area contributed by atoms with E-state index in [0.29, 0.717) is 22.4 Å². The first-order valence-electron chi connectivity index (χ1n) is 7.56. The van der Waals surface area contributed by atoms with Crippen LogP contribution in [0, 0.1) is 0 Å². The molecular weight excluding hydrogens is 377 g/mol. The predicted octanol–water partition coefficient (Wildman–Crippen LogP) is 3.91. The van der Waals surface area contributed by atoms with Crippen molar-refractivity contribution in [1.82, 2.24) is 20.7 Å². The van der Waals surface area contributed by atoms with Gasteiger partial charge in [-0.3, -0.25) is 10.4 Å². The zero-order valence-corrected chi connectivity index (χ0v) is 15.4. The van der Waals surface area contributed by atoms with Crippen LogP contribution >= 0.6 is 35.4 Å². The predicted molar refractivity (Wildman–Crippen MR) is 108 cm³/mol. The molecule has 3 aromatic rings. The lowest BCUT2D eigenvalue weighted by Crippen LogP contribution is -2.33. The van der Waals surface area contributed by atoms with Crippen molar-refractivity contribution in [3.8, 4) is 0 Å². The number of hydrazone groups is 1. The third-order valence-electron chi connectivity index (χ3n) is 3.52. The van der Waals surface area contributed by atoms with Crippen molar-refractivity contribution in [3.63, 3.8) is 0 Å². The molecule has 2 heterocycles. The zero-order valence-electron chi connectivity index (χ0n) is 13.1. The summed E-state index contributed by atoms with van der Waals surface area (Å²) in [5, 5.41) is 10.0. The van der Waals surface area contributed by atoms with Gasteiger partial charge in [0.15, 0.2) is 5.11 Å². The monoisotopic (exact) mass is 391 g/mol. The average molecular weight is 392 g/mol. The van der Waals surface area contributed by atoms with Crippen molar-refractivity contribution in [2.45, 2.75) is 6.42 Å². The van der Waals surface area contributed by atoms with Crippen LogP contribution in [-0.4, -0.2) is 27.8 Å². The third kappa shape index (κ3) is 4.92. The van der Waals surface area contributed by atoms with Crippen LogP contribution in [0.3, 0.4) is 0 Å². The van der Waals surface area contributed by atoms with Crippen molar-refractivity contribution in [3.05, 3.63) is 64.0 Å². The number of halogens is 2. The van der Waals surface area contributed by atoms with Crippen molar-refractivity contribution >= 4 is 57.6 Å². The quantitative estimate of drug-likeness (QED) is 0.350. The van der Waals surface area contributed by atoms with E-state index in [1.54, 1.807) is 24.5 Å². The lowest BCUT2D eigenvalue weighted by molar-refractivity contribution is 0.841. The van der Waals surface area contributed by atoms with Gasteiger partial charge in [-0.2, -0.15) is 5.10 Å². The Morgan fingerprint density at radius 2 is 2.08 bits per heavy atom. The second-order valence-electron chi connectivity index (χ2n) is 5.28. The van der Waals surface area contributed by atoms with Gasteiger partial charge in [-0.15, -0.1) is 0 Å². The molecule has 0 unspecified atom stereocenters. The van der Waals surface area contributed by atoms with E-state index in [-0.39, 0.29) is 0 Å². The summed E-state index contributed by atoms with van der Waals surface area (Å²) in [7, 11) is 0. The smallest absolute Gasteiger partial charge is 0.186 e. The lowest BCUT2D eigenvalue weighted by atomic mass is 10.1. The van der Waals surface area contributed by atoms with Gasteiger partial charge in [0.2, 0.25) is 0 Å². The molecule has 8 heteroatoms. The number of rotatable bonds is 5. The molecule has 3 rings (SSSR count). The van der Waals surface area contributed by atoms with Gasteiger partial charge in [0.05, 0.1) is 16.9 Å². The molecule has 0 atom stereocenters. The molecule has 5 nitrogen and oxygen atoms in total. The third-order valence-corrected chi connectivity index (χ3v) is 4.22. The first kappa shape index (κ1) is 17.7. The molecule has 0 saturated heterocycles. The SMILES string of the molecule is S=C(NCCc1c[nH]c2ccc(Cl)cc12)N/N=C/c1ccc(Cl)cn1. The van der Waals surface area contributed by atoms with Crippen LogP contribution in [0.1, 0.15) is 11.3 Å². The highest BCUT2D eigenvalue weighted by Gasteiger charge is 2.04. The number of aromatic nitrogens is 2. The summed E-state index contributed by atoms with van der Waals surface area (Å²) >= 11 is 17.0. The summed E-state index contributed by atoms with van der Waals surface area (Å²) in [6.07, 6.45) is 5.94. The average Bonchev–Trinajstić information content (AvgIpc) is 2.99. The van der Waals surface area contributed by atoms with Gasteiger partial charge >= 0.3 is 0 Å². The van der Waals surface area contributed by atoms with E-state index in [2.05, 4.69) is 25.8 Å². The van der Waals surface area contributed by atoms with E-state index >= 15 is 0 Å². The number of hydrogen-bond acceptors (Lipinski definition) is 3. The van der Waals surface area contributed by atoms with Gasteiger partial charge < -0.3 is 10.3 Å². The summed E-state index contributed by atoms with van der Waals surface area (Å²) < 4.78 is 0. The largest absolute Gasteiger partial charge is 0.361 e. The molecule has 1 aromatic carbocycles. The maximum atomic E-state index is 6.06. The molecule has 0 saturated carbocycles. The Bertz CT molecular complexity index is 905. The van der Waals surface area contributed by atoms with Crippen molar-refractivity contribution in [2.75, 3.05) is 6.54 Å². The van der Waals surface area contributed by atoms with Crippen molar-refractivity contribution in [2.24, 2.45) is 5.10 Å². The molecule has 3 N–H and O–H groups in total. The van der Waals surface area contributed by atoms with Crippen molar-refractivity contribution < 1.29 is 0 Å². The lowest BCUT2D eigenvalue weighted by Gasteiger charge is -2.06. The Labute approximate surface area is 160 Å². The minimum absolute atomic E-state index is 0.447. The summed E-state index contributed by atoms with van der Waals surface area (Å²) in [5.41, 5.74) is 5.70. The van der Waals surface area contributed by atoms with Crippen LogP contribution in [0.4, 0.5) is 0 Å². The first-order valence-corrected chi connectivity index (χ1v) is 8.72. The summed E-state index contributed by atoms with van der Waals surface area (Å²) in [4.78, 5) is 7.34. The van der Waals surface area contributed by atoms with Gasteiger partial charge in [0.1, 0.15) is 0 Å². The molecule has 0 bridgehead atoms. The van der Waals surface area contributed by atoms with Gasteiger partial charge in [0.25, 0.3) is 0 Å². The number of pyridine rings is 1. The molecule has 0 aliphatic heterocycles. The summed E-state index contributed by atoms with van der Waals surface area (Å²) in [5.74, 6) is 0. The topological polar surface area (TPSA) is 65.1 Å². The Kier molecular flexibility index (Phi) is 5.86. The second-order valence-corrected chi connectivity index (χ2v) is 6.56. The highest BCUT2D eigenvalue weighted by atomic mass is 35.5. The normalized spacial score (nSPS) is 11.1. The van der Waals surface area contributed by atoms with E-state index in [1.807, 2.05) is 24.4 Å².